The van der Waals surface area contributed by atoms with E-state index in [4.69, 9.17) is 4.42 Å². The second-order valence-corrected chi connectivity index (χ2v) is 5.16. The number of aromatic nitrogens is 1. The zero-order valence-corrected chi connectivity index (χ0v) is 16.2. The molecule has 126 valence electrons. The molecule has 0 fully saturated rings. The van der Waals surface area contributed by atoms with Crippen LogP contribution in [-0.4, -0.2) is 23.5 Å². The Hall–Kier alpha value is -1.57. The number of nitrogens with zero attached hydrogens (tertiary/aromatic N) is 2. The first kappa shape index (κ1) is 19.5. The minimum absolute atomic E-state index is 0. The van der Waals surface area contributed by atoms with Gasteiger partial charge in [-0.15, -0.1) is 24.0 Å². The summed E-state index contributed by atoms with van der Waals surface area (Å²) < 4.78 is 5.52. The molecule has 0 aliphatic carbocycles. The summed E-state index contributed by atoms with van der Waals surface area (Å²) in [6.07, 6.45) is 2.71. The minimum atomic E-state index is 0. The van der Waals surface area contributed by atoms with Gasteiger partial charge in [-0.2, -0.15) is 0 Å². The van der Waals surface area contributed by atoms with Crippen molar-refractivity contribution in [1.82, 2.24) is 15.6 Å². The van der Waals surface area contributed by atoms with Gasteiger partial charge in [0.05, 0.1) is 6.54 Å². The van der Waals surface area contributed by atoms with Crippen LogP contribution in [0, 0.1) is 0 Å². The molecule has 0 bridgehead atoms. The van der Waals surface area contributed by atoms with Crippen molar-refractivity contribution in [1.29, 1.82) is 0 Å². The Morgan fingerprint density at radius 1 is 1.26 bits per heavy atom. The number of hydrogen-bond acceptors (Lipinski definition) is 3. The lowest BCUT2D eigenvalue weighted by Gasteiger charge is -2.15. The number of guanidine groups is 1. The molecule has 1 atom stereocenters. The Bertz CT molecular complexity index is 598. The highest BCUT2D eigenvalue weighted by atomic mass is 127. The molecular formula is C17H25IN4O. The molecule has 23 heavy (non-hydrogen) atoms. The van der Waals surface area contributed by atoms with Crippen LogP contribution in [0.15, 0.2) is 46.0 Å². The number of benzene rings is 1. The predicted octanol–water partition coefficient (Wildman–Crippen LogP) is 3.81. The van der Waals surface area contributed by atoms with Crippen molar-refractivity contribution in [2.24, 2.45) is 4.99 Å². The Labute approximate surface area is 155 Å². The lowest BCUT2D eigenvalue weighted by Crippen LogP contribution is -2.41. The van der Waals surface area contributed by atoms with Gasteiger partial charge in [-0.05, 0) is 32.4 Å². The maximum Gasteiger partial charge on any atom is 0.226 e. The van der Waals surface area contributed by atoms with Crippen molar-refractivity contribution < 1.29 is 4.42 Å². The van der Waals surface area contributed by atoms with E-state index in [1.165, 1.54) is 0 Å². The molecule has 2 rings (SSSR count). The van der Waals surface area contributed by atoms with Crippen molar-refractivity contribution in [3.8, 4) is 11.5 Å². The average Bonchev–Trinajstić information content (AvgIpc) is 3.02. The van der Waals surface area contributed by atoms with Gasteiger partial charge < -0.3 is 15.1 Å². The van der Waals surface area contributed by atoms with E-state index in [9.17, 15) is 0 Å². The first-order valence-corrected chi connectivity index (χ1v) is 7.77. The first-order chi connectivity index (χ1) is 10.7. The summed E-state index contributed by atoms with van der Waals surface area (Å²) in [7, 11) is 0. The van der Waals surface area contributed by atoms with Gasteiger partial charge in [-0.25, -0.2) is 9.98 Å². The van der Waals surface area contributed by atoms with Crippen molar-refractivity contribution in [2.75, 3.05) is 6.54 Å². The molecule has 2 N–H and O–H groups in total. The molecule has 1 heterocycles. The van der Waals surface area contributed by atoms with Gasteiger partial charge in [0, 0.05) is 18.2 Å². The summed E-state index contributed by atoms with van der Waals surface area (Å²) in [6.45, 7) is 7.65. The third-order valence-corrected chi connectivity index (χ3v) is 3.31. The van der Waals surface area contributed by atoms with Crippen LogP contribution in [0.5, 0.6) is 0 Å². The van der Waals surface area contributed by atoms with E-state index in [1.807, 2.05) is 30.3 Å². The lowest BCUT2D eigenvalue weighted by atomic mass is 10.2. The van der Waals surface area contributed by atoms with Crippen LogP contribution in [0.25, 0.3) is 11.5 Å². The Morgan fingerprint density at radius 3 is 2.65 bits per heavy atom. The summed E-state index contributed by atoms with van der Waals surface area (Å²) >= 11 is 0. The quantitative estimate of drug-likeness (QED) is 0.417. The third-order valence-electron chi connectivity index (χ3n) is 3.31. The number of rotatable bonds is 6. The van der Waals surface area contributed by atoms with E-state index in [0.717, 1.165) is 30.2 Å². The highest BCUT2D eigenvalue weighted by Crippen LogP contribution is 2.18. The fourth-order valence-corrected chi connectivity index (χ4v) is 1.91. The first-order valence-electron chi connectivity index (χ1n) is 7.77. The van der Waals surface area contributed by atoms with Crippen LogP contribution in [0.1, 0.15) is 32.9 Å². The van der Waals surface area contributed by atoms with Crippen LogP contribution < -0.4 is 10.6 Å². The van der Waals surface area contributed by atoms with Crippen LogP contribution in [0.2, 0.25) is 0 Å². The molecule has 1 aromatic heterocycles. The fraction of sp³-hybridized carbons (Fsp3) is 0.412. The zero-order valence-electron chi connectivity index (χ0n) is 13.9. The molecule has 0 aliphatic heterocycles. The molecule has 2 aromatic rings. The number of hydrogen-bond donors (Lipinski definition) is 2. The Balaban J connectivity index is 0.00000264. The smallest absolute Gasteiger partial charge is 0.226 e. The fourth-order valence-electron chi connectivity index (χ4n) is 1.91. The van der Waals surface area contributed by atoms with Crippen molar-refractivity contribution in [3.63, 3.8) is 0 Å². The number of halogens is 1. The minimum Gasteiger partial charge on any atom is -0.444 e. The maximum absolute atomic E-state index is 5.52. The van der Waals surface area contributed by atoms with Crippen LogP contribution >= 0.6 is 24.0 Å². The monoisotopic (exact) mass is 428 g/mol. The molecule has 1 aromatic carbocycles. The van der Waals surface area contributed by atoms with Crippen molar-refractivity contribution >= 4 is 29.9 Å². The highest BCUT2D eigenvalue weighted by molar-refractivity contribution is 14.0. The molecule has 0 radical (unpaired) electrons. The normalized spacial score (nSPS) is 12.4. The summed E-state index contributed by atoms with van der Waals surface area (Å²) in [5, 5.41) is 6.59. The molecular weight excluding hydrogens is 403 g/mol. The standard InChI is InChI=1S/C17H24N4O.HI/c1-4-13(3)20-17(18-5-2)19-11-15-12-22-16(21-15)14-9-7-6-8-10-14;/h6-10,12-13H,4-5,11H2,1-3H3,(H2,18,19,20);1H. The molecule has 0 saturated heterocycles. The summed E-state index contributed by atoms with van der Waals surface area (Å²) in [5.41, 5.74) is 1.79. The predicted molar refractivity (Wildman–Crippen MR) is 105 cm³/mol. The molecule has 0 spiro atoms. The number of oxazole rings is 1. The molecule has 1 unspecified atom stereocenters. The van der Waals surface area contributed by atoms with Gasteiger partial charge in [0.1, 0.15) is 12.0 Å². The van der Waals surface area contributed by atoms with Gasteiger partial charge in [0.25, 0.3) is 0 Å². The Morgan fingerprint density at radius 2 is 2.00 bits per heavy atom. The third kappa shape index (κ3) is 6.21. The van der Waals surface area contributed by atoms with Crippen LogP contribution in [0.4, 0.5) is 0 Å². The van der Waals surface area contributed by atoms with Crippen LogP contribution in [-0.2, 0) is 6.54 Å². The summed E-state index contributed by atoms with van der Waals surface area (Å²) in [5.74, 6) is 1.44. The molecule has 0 amide bonds. The molecule has 5 nitrogen and oxygen atoms in total. The van der Waals surface area contributed by atoms with Gasteiger partial charge in [0.2, 0.25) is 5.89 Å². The van der Waals surface area contributed by atoms with Gasteiger partial charge in [-0.1, -0.05) is 25.1 Å². The van der Waals surface area contributed by atoms with E-state index in [2.05, 4.69) is 41.4 Å². The number of aliphatic imine (C=N–C) groups is 1. The molecule has 0 saturated carbocycles. The largest absolute Gasteiger partial charge is 0.444 e. The number of nitrogens with one attached hydrogen (secondary N) is 2. The Kier molecular flexibility index (Phi) is 8.68. The van der Waals surface area contributed by atoms with E-state index in [-0.39, 0.29) is 24.0 Å². The van der Waals surface area contributed by atoms with E-state index in [0.29, 0.717) is 18.5 Å². The second kappa shape index (κ2) is 10.3. The van der Waals surface area contributed by atoms with Crippen molar-refractivity contribution in [3.05, 3.63) is 42.3 Å². The van der Waals surface area contributed by atoms with Crippen LogP contribution in [0.3, 0.4) is 0 Å². The van der Waals surface area contributed by atoms with E-state index < -0.39 is 0 Å². The second-order valence-electron chi connectivity index (χ2n) is 5.16. The van der Waals surface area contributed by atoms with Gasteiger partial charge >= 0.3 is 0 Å². The highest BCUT2D eigenvalue weighted by Gasteiger charge is 2.07. The topological polar surface area (TPSA) is 62.5 Å². The zero-order chi connectivity index (χ0) is 15.8. The summed E-state index contributed by atoms with van der Waals surface area (Å²) in [4.78, 5) is 9.03. The van der Waals surface area contributed by atoms with Crippen molar-refractivity contribution in [2.45, 2.75) is 39.8 Å². The molecule has 6 heteroatoms. The maximum atomic E-state index is 5.52. The molecule has 0 aliphatic rings. The average molecular weight is 428 g/mol. The van der Waals surface area contributed by atoms with Gasteiger partial charge in [-0.3, -0.25) is 0 Å². The van der Waals surface area contributed by atoms with E-state index >= 15 is 0 Å². The summed E-state index contributed by atoms with van der Waals surface area (Å²) in [6, 6.07) is 10.3. The SMILES string of the molecule is CCNC(=NCc1coc(-c2ccccc2)n1)NC(C)CC.I. The van der Waals surface area contributed by atoms with Gasteiger partial charge in [0.15, 0.2) is 5.96 Å². The van der Waals surface area contributed by atoms with E-state index in [1.54, 1.807) is 6.26 Å². The lowest BCUT2D eigenvalue weighted by molar-refractivity contribution is 0.572.